The summed E-state index contributed by atoms with van der Waals surface area (Å²) in [5.74, 6) is 0.862. The van der Waals surface area contributed by atoms with Crippen LogP contribution in [0.4, 0.5) is 0 Å². The minimum atomic E-state index is 0.862. The summed E-state index contributed by atoms with van der Waals surface area (Å²) in [6.45, 7) is 9.91. The van der Waals surface area contributed by atoms with Crippen LogP contribution in [0.5, 0.6) is 0 Å². The van der Waals surface area contributed by atoms with E-state index in [2.05, 4.69) is 4.98 Å². The summed E-state index contributed by atoms with van der Waals surface area (Å²) in [7, 11) is 0. The van der Waals surface area contributed by atoms with Gasteiger partial charge in [0, 0.05) is 5.56 Å². The van der Waals surface area contributed by atoms with Crippen LogP contribution in [0, 0.1) is 6.92 Å². The molecule has 1 aromatic heterocycles. The van der Waals surface area contributed by atoms with E-state index < -0.39 is 0 Å². The monoisotopic (exact) mass is 219 g/mol. The van der Waals surface area contributed by atoms with Crippen LogP contribution < -0.4 is 0 Å². The van der Waals surface area contributed by atoms with Gasteiger partial charge in [-0.05, 0) is 6.92 Å². The first-order chi connectivity index (χ1) is 7.88. The van der Waals surface area contributed by atoms with E-state index in [1.807, 2.05) is 65.0 Å². The van der Waals surface area contributed by atoms with Crippen molar-refractivity contribution in [2.24, 2.45) is 0 Å². The lowest BCUT2D eigenvalue weighted by Crippen LogP contribution is -1.78. The van der Waals surface area contributed by atoms with Crippen LogP contribution >= 0.6 is 0 Å². The van der Waals surface area contributed by atoms with Crippen molar-refractivity contribution in [3.05, 3.63) is 42.5 Å². The Morgan fingerprint density at radius 1 is 0.938 bits per heavy atom. The smallest absolute Gasteiger partial charge is 0.181 e. The fraction of sp³-hybridized carbons (Fsp3) is 0.357. The van der Waals surface area contributed by atoms with Crippen molar-refractivity contribution in [1.82, 2.24) is 4.98 Å². The van der Waals surface area contributed by atoms with Crippen molar-refractivity contribution < 1.29 is 4.42 Å². The first-order valence-corrected chi connectivity index (χ1v) is 5.83. The summed E-state index contributed by atoms with van der Waals surface area (Å²) in [6.07, 6.45) is 1.47. The highest BCUT2D eigenvalue weighted by Gasteiger charge is 2.03. The second kappa shape index (κ2) is 8.72. The molecule has 0 bridgehead atoms. The molecule has 0 spiro atoms. The molecule has 0 fully saturated rings. The number of hydrogen-bond acceptors (Lipinski definition) is 2. The molecule has 0 aliphatic heterocycles. The molecule has 2 rings (SSSR count). The SMILES string of the molecule is CC.CC.Cc1ocnc1-c1ccccc1. The van der Waals surface area contributed by atoms with Gasteiger partial charge in [0.15, 0.2) is 6.39 Å². The summed E-state index contributed by atoms with van der Waals surface area (Å²) < 4.78 is 5.11. The van der Waals surface area contributed by atoms with E-state index in [-0.39, 0.29) is 0 Å². The molecule has 1 heterocycles. The van der Waals surface area contributed by atoms with Gasteiger partial charge in [-0.3, -0.25) is 0 Å². The first-order valence-electron chi connectivity index (χ1n) is 5.83. The lowest BCUT2D eigenvalue weighted by Gasteiger charge is -1.94. The number of benzene rings is 1. The van der Waals surface area contributed by atoms with Crippen molar-refractivity contribution in [3.8, 4) is 11.3 Å². The number of oxazole rings is 1. The minimum absolute atomic E-state index is 0.862. The highest BCUT2D eigenvalue weighted by Crippen LogP contribution is 2.20. The fourth-order valence-corrected chi connectivity index (χ4v) is 1.18. The molecule has 2 nitrogen and oxygen atoms in total. The van der Waals surface area contributed by atoms with Crippen molar-refractivity contribution in [3.63, 3.8) is 0 Å². The second-order valence-corrected chi connectivity index (χ2v) is 2.62. The lowest BCUT2D eigenvalue weighted by atomic mass is 10.1. The molecular formula is C14H21NO. The maximum absolute atomic E-state index is 5.11. The van der Waals surface area contributed by atoms with Crippen LogP contribution in [0.1, 0.15) is 33.5 Å². The number of aryl methyl sites for hydroxylation is 1. The second-order valence-electron chi connectivity index (χ2n) is 2.62. The van der Waals surface area contributed by atoms with Gasteiger partial charge in [0.05, 0.1) is 0 Å². The summed E-state index contributed by atoms with van der Waals surface area (Å²) in [5.41, 5.74) is 2.03. The summed E-state index contributed by atoms with van der Waals surface area (Å²) in [6, 6.07) is 10.0. The van der Waals surface area contributed by atoms with Crippen molar-refractivity contribution in [2.75, 3.05) is 0 Å². The molecule has 0 radical (unpaired) electrons. The largest absolute Gasteiger partial charge is 0.448 e. The Bertz CT molecular complexity index is 365. The highest BCUT2D eigenvalue weighted by atomic mass is 16.3. The molecule has 0 unspecified atom stereocenters. The molecule has 2 heteroatoms. The number of rotatable bonds is 1. The van der Waals surface area contributed by atoms with E-state index in [1.54, 1.807) is 0 Å². The molecule has 1 aromatic carbocycles. The molecule has 16 heavy (non-hydrogen) atoms. The van der Waals surface area contributed by atoms with Gasteiger partial charge < -0.3 is 4.42 Å². The third kappa shape index (κ3) is 3.89. The molecule has 0 N–H and O–H groups in total. The summed E-state index contributed by atoms with van der Waals surface area (Å²) >= 11 is 0. The Morgan fingerprint density at radius 3 is 1.94 bits per heavy atom. The van der Waals surface area contributed by atoms with E-state index in [4.69, 9.17) is 4.42 Å². The first kappa shape index (κ1) is 14.4. The van der Waals surface area contributed by atoms with E-state index in [0.29, 0.717) is 0 Å². The molecule has 2 aromatic rings. The van der Waals surface area contributed by atoms with Crippen LogP contribution in [0.3, 0.4) is 0 Å². The molecule has 0 aliphatic rings. The zero-order chi connectivity index (χ0) is 12.4. The van der Waals surface area contributed by atoms with E-state index >= 15 is 0 Å². The number of hydrogen-bond donors (Lipinski definition) is 0. The number of nitrogens with zero attached hydrogens (tertiary/aromatic N) is 1. The van der Waals surface area contributed by atoms with Crippen LogP contribution in [0.2, 0.25) is 0 Å². The van der Waals surface area contributed by atoms with Gasteiger partial charge in [0.1, 0.15) is 11.5 Å². The Kier molecular flexibility index (Phi) is 7.86. The zero-order valence-corrected chi connectivity index (χ0v) is 10.8. The van der Waals surface area contributed by atoms with Gasteiger partial charge in [-0.1, -0.05) is 58.0 Å². The predicted octanol–water partition coefficient (Wildman–Crippen LogP) is 4.70. The van der Waals surface area contributed by atoms with Crippen LogP contribution in [0.15, 0.2) is 41.1 Å². The maximum Gasteiger partial charge on any atom is 0.181 e. The van der Waals surface area contributed by atoms with E-state index in [0.717, 1.165) is 17.0 Å². The van der Waals surface area contributed by atoms with Crippen LogP contribution in [-0.2, 0) is 0 Å². The van der Waals surface area contributed by atoms with Gasteiger partial charge in [0.2, 0.25) is 0 Å². The molecule has 0 saturated carbocycles. The van der Waals surface area contributed by atoms with Gasteiger partial charge in [0.25, 0.3) is 0 Å². The maximum atomic E-state index is 5.11. The normalized spacial score (nSPS) is 8.31. The molecule has 0 amide bonds. The standard InChI is InChI=1S/C10H9NO.2C2H6/c1-8-10(11-7-12-8)9-5-3-2-4-6-9;2*1-2/h2-7H,1H3;2*1-2H3. The summed E-state index contributed by atoms with van der Waals surface area (Å²) in [4.78, 5) is 4.12. The van der Waals surface area contributed by atoms with Crippen molar-refractivity contribution in [2.45, 2.75) is 34.6 Å². The molecule has 0 atom stereocenters. The molecular weight excluding hydrogens is 198 g/mol. The Balaban J connectivity index is 0.000000509. The predicted molar refractivity (Wildman–Crippen MR) is 69.4 cm³/mol. The minimum Gasteiger partial charge on any atom is -0.448 e. The fourth-order valence-electron chi connectivity index (χ4n) is 1.18. The molecule has 0 saturated heterocycles. The zero-order valence-electron chi connectivity index (χ0n) is 10.8. The third-order valence-electron chi connectivity index (χ3n) is 1.79. The van der Waals surface area contributed by atoms with Crippen molar-refractivity contribution >= 4 is 0 Å². The molecule has 88 valence electrons. The van der Waals surface area contributed by atoms with Crippen LogP contribution in [0.25, 0.3) is 11.3 Å². The van der Waals surface area contributed by atoms with Gasteiger partial charge >= 0.3 is 0 Å². The average molecular weight is 219 g/mol. The summed E-state index contributed by atoms with van der Waals surface area (Å²) in [5, 5.41) is 0. The highest BCUT2D eigenvalue weighted by molar-refractivity contribution is 5.60. The number of aromatic nitrogens is 1. The van der Waals surface area contributed by atoms with E-state index in [1.165, 1.54) is 6.39 Å². The van der Waals surface area contributed by atoms with Gasteiger partial charge in [-0.25, -0.2) is 4.98 Å². The lowest BCUT2D eigenvalue weighted by molar-refractivity contribution is 0.527. The third-order valence-corrected chi connectivity index (χ3v) is 1.79. The van der Waals surface area contributed by atoms with Gasteiger partial charge in [-0.15, -0.1) is 0 Å². The van der Waals surface area contributed by atoms with Gasteiger partial charge in [-0.2, -0.15) is 0 Å². The van der Waals surface area contributed by atoms with Crippen molar-refractivity contribution in [1.29, 1.82) is 0 Å². The average Bonchev–Trinajstić information content (AvgIpc) is 2.82. The van der Waals surface area contributed by atoms with Crippen LogP contribution in [-0.4, -0.2) is 4.98 Å². The Hall–Kier alpha value is -1.57. The Labute approximate surface area is 98.3 Å². The quantitative estimate of drug-likeness (QED) is 0.694. The Morgan fingerprint density at radius 2 is 1.50 bits per heavy atom. The molecule has 0 aliphatic carbocycles. The van der Waals surface area contributed by atoms with E-state index in [9.17, 15) is 0 Å². The topological polar surface area (TPSA) is 26.0 Å².